The summed E-state index contributed by atoms with van der Waals surface area (Å²) < 4.78 is 29.1. The van der Waals surface area contributed by atoms with Crippen molar-refractivity contribution >= 4 is 38.9 Å². The normalized spacial score (nSPS) is 11.2. The number of rotatable bonds is 6. The smallest absolute Gasteiger partial charge is 0.265 e. The number of carbonyl (C=O) groups is 2. The van der Waals surface area contributed by atoms with Crippen molar-refractivity contribution in [3.8, 4) is 5.69 Å². The predicted octanol–water partition coefficient (Wildman–Crippen LogP) is 3.92. The summed E-state index contributed by atoms with van der Waals surface area (Å²) >= 11 is 1.32. The SMILES string of the molecule is Cc1cc(C)n(-c2ccc(S(=O)(=O)NC(=O)c3ccc(NC(=O)c4cccs4)cc3)cc2)n1. The number of nitrogens with one attached hydrogen (secondary N) is 2. The number of anilines is 1. The van der Waals surface area contributed by atoms with Gasteiger partial charge in [-0.3, -0.25) is 9.59 Å². The highest BCUT2D eigenvalue weighted by Gasteiger charge is 2.19. The van der Waals surface area contributed by atoms with Gasteiger partial charge in [0.1, 0.15) is 0 Å². The van der Waals surface area contributed by atoms with Gasteiger partial charge in [0.25, 0.3) is 21.8 Å². The fraction of sp³-hybridized carbons (Fsp3) is 0.0870. The van der Waals surface area contributed by atoms with Crippen LogP contribution in [0.1, 0.15) is 31.4 Å². The minimum atomic E-state index is -4.07. The summed E-state index contributed by atoms with van der Waals surface area (Å²) in [6.07, 6.45) is 0. The van der Waals surface area contributed by atoms with Gasteiger partial charge in [-0.2, -0.15) is 5.10 Å². The number of amides is 2. The van der Waals surface area contributed by atoms with Crippen molar-refractivity contribution in [2.45, 2.75) is 18.7 Å². The second kappa shape index (κ2) is 9.00. The predicted molar refractivity (Wildman–Crippen MR) is 126 cm³/mol. The lowest BCUT2D eigenvalue weighted by atomic mass is 10.2. The van der Waals surface area contributed by atoms with Gasteiger partial charge in [0.15, 0.2) is 0 Å². The molecule has 4 aromatic rings. The summed E-state index contributed by atoms with van der Waals surface area (Å²) in [6.45, 7) is 3.78. The van der Waals surface area contributed by atoms with Gasteiger partial charge in [-0.05, 0) is 79.9 Å². The quantitative estimate of drug-likeness (QED) is 0.435. The van der Waals surface area contributed by atoms with Crippen molar-refractivity contribution in [1.29, 1.82) is 0 Å². The molecule has 0 saturated carbocycles. The van der Waals surface area contributed by atoms with Gasteiger partial charge in [-0.25, -0.2) is 17.8 Å². The van der Waals surface area contributed by atoms with Crippen molar-refractivity contribution in [1.82, 2.24) is 14.5 Å². The van der Waals surface area contributed by atoms with E-state index in [1.165, 1.54) is 47.7 Å². The lowest BCUT2D eigenvalue weighted by molar-refractivity contribution is 0.0980. The van der Waals surface area contributed by atoms with Crippen molar-refractivity contribution in [3.63, 3.8) is 0 Å². The molecule has 168 valence electrons. The van der Waals surface area contributed by atoms with Crippen molar-refractivity contribution in [2.24, 2.45) is 0 Å². The summed E-state index contributed by atoms with van der Waals surface area (Å²) in [6, 6.07) is 17.5. The van der Waals surface area contributed by atoms with E-state index in [0.29, 0.717) is 16.3 Å². The van der Waals surface area contributed by atoms with Crippen LogP contribution in [0.3, 0.4) is 0 Å². The molecule has 0 aliphatic rings. The Morgan fingerprint density at radius 2 is 1.64 bits per heavy atom. The van der Waals surface area contributed by atoms with Gasteiger partial charge >= 0.3 is 0 Å². The molecular formula is C23H20N4O4S2. The highest BCUT2D eigenvalue weighted by Crippen LogP contribution is 2.17. The summed E-state index contributed by atoms with van der Waals surface area (Å²) in [5.74, 6) is -1.03. The Hall–Kier alpha value is -3.76. The van der Waals surface area contributed by atoms with Crippen LogP contribution in [0.5, 0.6) is 0 Å². The summed E-state index contributed by atoms with van der Waals surface area (Å²) in [5.41, 5.74) is 3.13. The molecule has 4 rings (SSSR count). The van der Waals surface area contributed by atoms with Crippen molar-refractivity contribution in [2.75, 3.05) is 5.32 Å². The van der Waals surface area contributed by atoms with Crippen molar-refractivity contribution in [3.05, 3.63) is 93.9 Å². The third-order valence-electron chi connectivity index (χ3n) is 4.78. The van der Waals surface area contributed by atoms with Crippen LogP contribution in [-0.2, 0) is 10.0 Å². The molecule has 8 nitrogen and oxygen atoms in total. The number of aromatic nitrogens is 2. The number of nitrogens with zero attached hydrogens (tertiary/aromatic N) is 2. The van der Waals surface area contributed by atoms with E-state index in [1.807, 2.05) is 19.9 Å². The topological polar surface area (TPSA) is 110 Å². The maximum atomic E-state index is 12.7. The van der Waals surface area contributed by atoms with Crippen LogP contribution in [0.4, 0.5) is 5.69 Å². The van der Waals surface area contributed by atoms with E-state index in [9.17, 15) is 18.0 Å². The number of benzene rings is 2. The first kappa shape index (κ1) is 22.4. The molecule has 0 spiro atoms. The molecule has 10 heteroatoms. The Labute approximate surface area is 194 Å². The number of sulfonamides is 1. The lowest BCUT2D eigenvalue weighted by Gasteiger charge is -2.09. The molecule has 2 amide bonds. The van der Waals surface area contributed by atoms with Gasteiger partial charge < -0.3 is 5.32 Å². The zero-order valence-corrected chi connectivity index (χ0v) is 19.4. The number of carbonyl (C=O) groups excluding carboxylic acids is 2. The molecule has 33 heavy (non-hydrogen) atoms. The molecule has 0 aliphatic heterocycles. The first-order chi connectivity index (χ1) is 15.7. The highest BCUT2D eigenvalue weighted by atomic mass is 32.2. The van der Waals surface area contributed by atoms with Gasteiger partial charge in [0, 0.05) is 16.9 Å². The average Bonchev–Trinajstić information content (AvgIpc) is 3.44. The molecule has 2 N–H and O–H groups in total. The second-order valence-corrected chi connectivity index (χ2v) is 9.91. The molecule has 0 bridgehead atoms. The number of hydrogen-bond acceptors (Lipinski definition) is 6. The van der Waals surface area contributed by atoms with Gasteiger partial charge in [0.05, 0.1) is 21.2 Å². The van der Waals surface area contributed by atoms with E-state index < -0.39 is 15.9 Å². The van der Waals surface area contributed by atoms with Gasteiger partial charge in [0.2, 0.25) is 0 Å². The van der Waals surface area contributed by atoms with Gasteiger partial charge in [-0.1, -0.05) is 6.07 Å². The minimum Gasteiger partial charge on any atom is -0.321 e. The Kier molecular flexibility index (Phi) is 6.12. The van der Waals surface area contributed by atoms with Crippen molar-refractivity contribution < 1.29 is 18.0 Å². The molecule has 2 aromatic heterocycles. The maximum absolute atomic E-state index is 12.7. The Balaban J connectivity index is 1.44. The molecule has 0 fully saturated rings. The average molecular weight is 481 g/mol. The van der Waals surface area contributed by atoms with Gasteiger partial charge in [-0.15, -0.1) is 11.3 Å². The fourth-order valence-corrected chi connectivity index (χ4v) is 4.80. The zero-order valence-electron chi connectivity index (χ0n) is 17.8. The van der Waals surface area contributed by atoms with E-state index >= 15 is 0 Å². The van der Waals surface area contributed by atoms with Crippen LogP contribution in [0, 0.1) is 13.8 Å². The molecule has 2 aromatic carbocycles. The molecule has 0 aliphatic carbocycles. The molecule has 0 atom stereocenters. The second-order valence-electron chi connectivity index (χ2n) is 7.28. The van der Waals surface area contributed by atoms with Crippen LogP contribution >= 0.6 is 11.3 Å². The highest BCUT2D eigenvalue weighted by molar-refractivity contribution is 7.90. The van der Waals surface area contributed by atoms with Crippen LogP contribution in [0.2, 0.25) is 0 Å². The number of thiophene rings is 1. The summed E-state index contributed by atoms with van der Waals surface area (Å²) in [4.78, 5) is 25.1. The Morgan fingerprint density at radius 3 is 2.21 bits per heavy atom. The first-order valence-corrected chi connectivity index (χ1v) is 12.2. The van der Waals surface area contributed by atoms with Crippen LogP contribution < -0.4 is 10.0 Å². The Bertz CT molecular complexity index is 1410. The van der Waals surface area contributed by atoms with E-state index in [4.69, 9.17) is 0 Å². The van der Waals surface area contributed by atoms with E-state index in [-0.39, 0.29) is 16.4 Å². The fourth-order valence-electron chi connectivity index (χ4n) is 3.20. The summed E-state index contributed by atoms with van der Waals surface area (Å²) in [5, 5.41) is 8.90. The first-order valence-electron chi connectivity index (χ1n) is 9.89. The maximum Gasteiger partial charge on any atom is 0.265 e. The third kappa shape index (κ3) is 5.02. The van der Waals surface area contributed by atoms with E-state index in [2.05, 4.69) is 15.1 Å². The molecule has 0 unspecified atom stereocenters. The number of aryl methyl sites for hydroxylation is 2. The Morgan fingerprint density at radius 1 is 0.939 bits per heavy atom. The van der Waals surface area contributed by atoms with E-state index in [1.54, 1.807) is 34.3 Å². The molecule has 0 saturated heterocycles. The monoisotopic (exact) mass is 480 g/mol. The zero-order chi connectivity index (χ0) is 23.6. The van der Waals surface area contributed by atoms with Crippen LogP contribution in [-0.4, -0.2) is 30.0 Å². The largest absolute Gasteiger partial charge is 0.321 e. The van der Waals surface area contributed by atoms with Crippen LogP contribution in [0.15, 0.2) is 77.0 Å². The lowest BCUT2D eigenvalue weighted by Crippen LogP contribution is -2.30. The minimum absolute atomic E-state index is 0.0408. The summed E-state index contributed by atoms with van der Waals surface area (Å²) in [7, 11) is -4.07. The molecule has 0 radical (unpaired) electrons. The van der Waals surface area contributed by atoms with E-state index in [0.717, 1.165) is 11.4 Å². The molecule has 2 heterocycles. The molecular weight excluding hydrogens is 460 g/mol. The van der Waals surface area contributed by atoms with Crippen LogP contribution in [0.25, 0.3) is 5.69 Å². The third-order valence-corrected chi connectivity index (χ3v) is 6.99. The number of hydrogen-bond donors (Lipinski definition) is 2. The standard InChI is InChI=1S/C23H20N4O4S2/c1-15-14-16(2)27(25-15)19-9-11-20(12-10-19)33(30,31)26-22(28)17-5-7-18(8-6-17)24-23(29)21-4-3-13-32-21/h3-14H,1-2H3,(H,24,29)(H,26,28).